The molecule has 0 spiro atoms. The van der Waals surface area contributed by atoms with E-state index in [4.69, 9.17) is 0 Å². The average molecular weight is 251 g/mol. The number of rotatable bonds is 0. The third-order valence-corrected chi connectivity index (χ3v) is 4.58. The van der Waals surface area contributed by atoms with Crippen molar-refractivity contribution in [2.24, 2.45) is 5.92 Å². The molecular weight excluding hydrogens is 238 g/mol. The monoisotopic (exact) mass is 251 g/mol. The lowest BCUT2D eigenvalue weighted by molar-refractivity contribution is 0.802. The summed E-state index contributed by atoms with van der Waals surface area (Å²) < 4.78 is 1.34. The number of hydrogen-bond acceptors (Lipinski definition) is 2. The summed E-state index contributed by atoms with van der Waals surface area (Å²) in [5.74, 6) is 0.629. The predicted octanol–water partition coefficient (Wildman–Crippen LogP) is 3.05. The van der Waals surface area contributed by atoms with Crippen molar-refractivity contribution in [1.29, 1.82) is 0 Å². The molecule has 2 heteroatoms. The van der Waals surface area contributed by atoms with Crippen LogP contribution >= 0.6 is 11.3 Å². The number of benzene rings is 2. The quantitative estimate of drug-likeness (QED) is 0.598. The van der Waals surface area contributed by atoms with E-state index in [0.29, 0.717) is 5.92 Å². The lowest BCUT2D eigenvalue weighted by atomic mass is 9.95. The zero-order valence-corrected chi connectivity index (χ0v) is 11.0. The van der Waals surface area contributed by atoms with Crippen LogP contribution in [0.15, 0.2) is 29.8 Å². The number of hydrogen-bond donors (Lipinski definition) is 0. The smallest absolute Gasteiger partial charge is 0.0896 e. The first-order valence-corrected chi connectivity index (χ1v) is 7.18. The van der Waals surface area contributed by atoms with Crippen LogP contribution in [0.25, 0.3) is 33.1 Å². The molecule has 0 aliphatic heterocycles. The molecule has 0 N–H and O–H groups in total. The van der Waals surface area contributed by atoms with Crippen molar-refractivity contribution < 1.29 is 0 Å². The molecule has 0 amide bonds. The molecule has 0 radical (unpaired) electrons. The maximum atomic E-state index is 4.56. The van der Waals surface area contributed by atoms with Gasteiger partial charge in [-0.3, -0.25) is 0 Å². The first-order chi connectivity index (χ1) is 8.84. The van der Waals surface area contributed by atoms with Gasteiger partial charge in [0.2, 0.25) is 0 Å². The molecule has 1 aliphatic rings. The minimum absolute atomic E-state index is 0.629. The normalized spacial score (nSPS) is 18.4. The van der Waals surface area contributed by atoms with E-state index in [2.05, 4.69) is 48.3 Å². The average Bonchev–Trinajstić information content (AvgIpc) is 2.88. The molecule has 3 aromatic rings. The van der Waals surface area contributed by atoms with Crippen molar-refractivity contribution in [3.05, 3.63) is 40.2 Å². The summed E-state index contributed by atoms with van der Waals surface area (Å²) in [5.41, 5.74) is 3.12. The van der Waals surface area contributed by atoms with Gasteiger partial charge in [-0.2, -0.15) is 0 Å². The summed E-state index contributed by atoms with van der Waals surface area (Å²) in [6, 6.07) is 8.62. The third-order valence-electron chi connectivity index (χ3n) is 3.72. The fourth-order valence-electron chi connectivity index (χ4n) is 2.86. The Morgan fingerprint density at radius 3 is 2.89 bits per heavy atom. The predicted molar refractivity (Wildman–Crippen MR) is 79.1 cm³/mol. The first-order valence-electron chi connectivity index (χ1n) is 6.30. The third kappa shape index (κ3) is 1.30. The molecule has 0 fully saturated rings. The highest BCUT2D eigenvalue weighted by molar-refractivity contribution is 7.16. The number of nitrogens with zero attached hydrogens (tertiary/aromatic N) is 1. The van der Waals surface area contributed by atoms with Gasteiger partial charge in [0.25, 0.3) is 0 Å². The molecule has 0 bridgehead atoms. The van der Waals surface area contributed by atoms with Gasteiger partial charge in [0.05, 0.1) is 15.7 Å². The van der Waals surface area contributed by atoms with Gasteiger partial charge in [-0.05, 0) is 28.2 Å². The van der Waals surface area contributed by atoms with Gasteiger partial charge >= 0.3 is 0 Å². The van der Waals surface area contributed by atoms with E-state index in [-0.39, 0.29) is 0 Å². The summed E-state index contributed by atoms with van der Waals surface area (Å²) in [7, 11) is 0. The zero-order chi connectivity index (χ0) is 12.1. The Labute approximate surface area is 109 Å². The fraction of sp³-hybridized carbons (Fsp3) is 0.188. The van der Waals surface area contributed by atoms with E-state index in [1.165, 1.54) is 25.9 Å². The van der Waals surface area contributed by atoms with Gasteiger partial charge in [0.15, 0.2) is 0 Å². The maximum absolute atomic E-state index is 4.56. The van der Waals surface area contributed by atoms with Gasteiger partial charge in [-0.15, -0.1) is 11.3 Å². The molecular formula is C16H13NS. The van der Waals surface area contributed by atoms with Crippen molar-refractivity contribution in [2.45, 2.75) is 13.3 Å². The molecule has 1 heterocycles. The molecule has 18 heavy (non-hydrogen) atoms. The Morgan fingerprint density at radius 2 is 2.00 bits per heavy atom. The standard InChI is InChI=1S/C16H13NS/c1-10-6-7-12-11-4-2-3-5-13(11)15-16(14(12)8-10)18-9-17-15/h2-5,7-10H,6H2,1H3. The summed E-state index contributed by atoms with van der Waals surface area (Å²) in [6.07, 6.45) is 5.94. The van der Waals surface area contributed by atoms with Crippen LogP contribution in [0.5, 0.6) is 0 Å². The summed E-state index contributed by atoms with van der Waals surface area (Å²) in [5, 5.41) is 5.42. The lowest BCUT2D eigenvalue weighted by Gasteiger charge is -2.10. The Bertz CT molecular complexity index is 873. The molecule has 1 atom stereocenters. The minimum Gasteiger partial charge on any atom is -0.244 e. The largest absolute Gasteiger partial charge is 0.244 e. The van der Waals surface area contributed by atoms with Gasteiger partial charge in [0, 0.05) is 5.39 Å². The lowest BCUT2D eigenvalue weighted by Crippen LogP contribution is -2.29. The second kappa shape index (κ2) is 3.66. The van der Waals surface area contributed by atoms with Crippen LogP contribution < -0.4 is 10.4 Å². The van der Waals surface area contributed by atoms with Crippen LogP contribution in [0.4, 0.5) is 0 Å². The topological polar surface area (TPSA) is 12.9 Å². The molecule has 0 saturated heterocycles. The Morgan fingerprint density at radius 1 is 1.17 bits per heavy atom. The molecule has 1 unspecified atom stereocenters. The SMILES string of the molecule is CC1C=c2c(c3ccccc3c3ncsc23)=CC1. The Kier molecular flexibility index (Phi) is 2.09. The van der Waals surface area contributed by atoms with E-state index in [1.807, 2.05) is 5.51 Å². The van der Waals surface area contributed by atoms with Crippen LogP contribution in [0.1, 0.15) is 13.3 Å². The van der Waals surface area contributed by atoms with Crippen molar-refractivity contribution in [1.82, 2.24) is 4.98 Å². The number of thiazole rings is 1. The summed E-state index contributed by atoms with van der Waals surface area (Å²) >= 11 is 1.76. The van der Waals surface area contributed by atoms with Crippen LogP contribution in [-0.4, -0.2) is 4.98 Å². The molecule has 88 valence electrons. The number of fused-ring (bicyclic) bond motifs is 6. The molecule has 1 nitrogen and oxygen atoms in total. The van der Waals surface area contributed by atoms with Crippen molar-refractivity contribution in [2.75, 3.05) is 0 Å². The summed E-state index contributed by atoms with van der Waals surface area (Å²) in [4.78, 5) is 4.56. The second-order valence-electron chi connectivity index (χ2n) is 4.99. The zero-order valence-electron chi connectivity index (χ0n) is 10.2. The van der Waals surface area contributed by atoms with Gasteiger partial charge in [-0.1, -0.05) is 43.3 Å². The first kappa shape index (κ1) is 10.3. The molecule has 2 aromatic carbocycles. The highest BCUT2D eigenvalue weighted by Crippen LogP contribution is 2.23. The van der Waals surface area contributed by atoms with E-state index in [9.17, 15) is 0 Å². The Balaban J connectivity index is 2.41. The fourth-order valence-corrected chi connectivity index (χ4v) is 3.71. The van der Waals surface area contributed by atoms with Crippen molar-refractivity contribution in [3.63, 3.8) is 0 Å². The van der Waals surface area contributed by atoms with Crippen LogP contribution in [0, 0.1) is 5.92 Å². The van der Waals surface area contributed by atoms with E-state index < -0.39 is 0 Å². The van der Waals surface area contributed by atoms with Crippen molar-refractivity contribution in [3.8, 4) is 0 Å². The number of aromatic nitrogens is 1. The van der Waals surface area contributed by atoms with Gasteiger partial charge < -0.3 is 0 Å². The van der Waals surface area contributed by atoms with Crippen LogP contribution in [0.3, 0.4) is 0 Å². The van der Waals surface area contributed by atoms with Crippen molar-refractivity contribution >= 4 is 44.5 Å². The molecule has 4 rings (SSSR count). The van der Waals surface area contributed by atoms with Crippen LogP contribution in [-0.2, 0) is 0 Å². The van der Waals surface area contributed by atoms with E-state index in [1.54, 1.807) is 11.3 Å². The van der Waals surface area contributed by atoms with E-state index >= 15 is 0 Å². The maximum Gasteiger partial charge on any atom is 0.0896 e. The summed E-state index contributed by atoms with van der Waals surface area (Å²) in [6.45, 7) is 2.28. The van der Waals surface area contributed by atoms with Crippen LogP contribution in [0.2, 0.25) is 0 Å². The molecule has 1 aromatic heterocycles. The van der Waals surface area contributed by atoms with Gasteiger partial charge in [-0.25, -0.2) is 4.98 Å². The highest BCUT2D eigenvalue weighted by Gasteiger charge is 2.11. The highest BCUT2D eigenvalue weighted by atomic mass is 32.1. The van der Waals surface area contributed by atoms with Gasteiger partial charge in [0.1, 0.15) is 0 Å². The molecule has 1 aliphatic carbocycles. The van der Waals surface area contributed by atoms with E-state index in [0.717, 1.165) is 11.9 Å². The second-order valence-corrected chi connectivity index (χ2v) is 5.84. The molecule has 0 saturated carbocycles. The minimum atomic E-state index is 0.629. The Hall–Kier alpha value is -1.67.